The summed E-state index contributed by atoms with van der Waals surface area (Å²) in [6.07, 6.45) is 1.00. The largest absolute Gasteiger partial charge is 0.333 e. The second kappa shape index (κ2) is 5.50. The van der Waals surface area contributed by atoms with E-state index in [4.69, 9.17) is 5.26 Å². The van der Waals surface area contributed by atoms with Gasteiger partial charge in [0.15, 0.2) is 0 Å². The number of hydrogen-bond acceptors (Lipinski definition) is 3. The van der Waals surface area contributed by atoms with Gasteiger partial charge in [0.2, 0.25) is 0 Å². The first-order valence-corrected chi connectivity index (χ1v) is 5.62. The molecule has 1 fully saturated rings. The van der Waals surface area contributed by atoms with Crippen molar-refractivity contribution in [3.05, 3.63) is 0 Å². The van der Waals surface area contributed by atoms with Crippen molar-refractivity contribution >= 4 is 11.8 Å². The number of piperazine rings is 1. The maximum atomic E-state index is 11.8. The van der Waals surface area contributed by atoms with Gasteiger partial charge in [-0.05, 0) is 13.3 Å². The highest BCUT2D eigenvalue weighted by Gasteiger charge is 2.34. The van der Waals surface area contributed by atoms with Crippen LogP contribution in [0.1, 0.15) is 26.7 Å². The molecule has 0 bridgehead atoms. The van der Waals surface area contributed by atoms with E-state index in [-0.39, 0.29) is 6.04 Å². The third-order valence-electron chi connectivity index (χ3n) is 2.96. The molecule has 16 heavy (non-hydrogen) atoms. The van der Waals surface area contributed by atoms with E-state index < -0.39 is 11.8 Å². The minimum absolute atomic E-state index is 0.125. The van der Waals surface area contributed by atoms with Crippen LogP contribution in [0.4, 0.5) is 0 Å². The van der Waals surface area contributed by atoms with Crippen molar-refractivity contribution in [2.45, 2.75) is 32.7 Å². The molecule has 2 amide bonds. The van der Waals surface area contributed by atoms with Crippen LogP contribution < -0.4 is 0 Å². The topological polar surface area (TPSA) is 64.4 Å². The summed E-state index contributed by atoms with van der Waals surface area (Å²) in [5, 5.41) is 8.67. The molecule has 0 radical (unpaired) electrons. The van der Waals surface area contributed by atoms with Gasteiger partial charge >= 0.3 is 11.8 Å². The SMILES string of the molecule is CCC(CC#N)N1CCN(CC)C(=O)C1=O. The zero-order chi connectivity index (χ0) is 12.1. The van der Waals surface area contributed by atoms with Gasteiger partial charge in [0.05, 0.1) is 12.5 Å². The summed E-state index contributed by atoms with van der Waals surface area (Å²) in [6, 6.07) is 1.93. The summed E-state index contributed by atoms with van der Waals surface area (Å²) in [5.41, 5.74) is 0. The Bertz CT molecular complexity index is 322. The number of nitrogens with zero attached hydrogens (tertiary/aromatic N) is 3. The number of carbonyl (C=O) groups is 2. The Morgan fingerprint density at radius 1 is 1.31 bits per heavy atom. The molecule has 1 aliphatic heterocycles. The smallest absolute Gasteiger partial charge is 0.312 e. The van der Waals surface area contributed by atoms with Crippen LogP contribution in [0, 0.1) is 11.3 Å². The first-order chi connectivity index (χ1) is 7.65. The van der Waals surface area contributed by atoms with Crippen LogP contribution in [0.15, 0.2) is 0 Å². The van der Waals surface area contributed by atoms with E-state index in [1.807, 2.05) is 13.8 Å². The highest BCUT2D eigenvalue weighted by atomic mass is 16.2. The van der Waals surface area contributed by atoms with Gasteiger partial charge in [-0.15, -0.1) is 0 Å². The van der Waals surface area contributed by atoms with E-state index in [2.05, 4.69) is 6.07 Å². The van der Waals surface area contributed by atoms with E-state index in [9.17, 15) is 9.59 Å². The van der Waals surface area contributed by atoms with E-state index in [1.165, 1.54) is 9.80 Å². The van der Waals surface area contributed by atoms with Crippen LogP contribution in [0.5, 0.6) is 0 Å². The molecule has 5 heteroatoms. The van der Waals surface area contributed by atoms with Crippen LogP contribution >= 0.6 is 0 Å². The molecule has 0 aliphatic carbocycles. The van der Waals surface area contributed by atoms with Gasteiger partial charge in [0.1, 0.15) is 0 Å². The Labute approximate surface area is 95.6 Å². The van der Waals surface area contributed by atoms with Gasteiger partial charge in [0.25, 0.3) is 0 Å². The lowest BCUT2D eigenvalue weighted by Gasteiger charge is -2.37. The number of carbonyl (C=O) groups excluding carboxylic acids is 2. The first-order valence-electron chi connectivity index (χ1n) is 5.62. The molecule has 1 atom stereocenters. The monoisotopic (exact) mass is 223 g/mol. The fraction of sp³-hybridized carbons (Fsp3) is 0.727. The van der Waals surface area contributed by atoms with Crippen molar-refractivity contribution in [1.82, 2.24) is 9.80 Å². The van der Waals surface area contributed by atoms with Crippen LogP contribution in [-0.2, 0) is 9.59 Å². The molecule has 1 rings (SSSR count). The maximum absolute atomic E-state index is 11.8. The summed E-state index contributed by atoms with van der Waals surface area (Å²) < 4.78 is 0. The zero-order valence-corrected chi connectivity index (χ0v) is 9.77. The van der Waals surface area contributed by atoms with E-state index in [0.29, 0.717) is 32.5 Å². The lowest BCUT2D eigenvalue weighted by molar-refractivity contribution is -0.157. The molecule has 5 nitrogen and oxygen atoms in total. The molecule has 0 aromatic heterocycles. The summed E-state index contributed by atoms with van der Waals surface area (Å²) in [5.74, 6) is -0.902. The molecular weight excluding hydrogens is 206 g/mol. The lowest BCUT2D eigenvalue weighted by Crippen LogP contribution is -2.57. The third kappa shape index (κ3) is 2.32. The Morgan fingerprint density at radius 2 is 2.00 bits per heavy atom. The highest BCUT2D eigenvalue weighted by molar-refractivity contribution is 6.35. The van der Waals surface area contributed by atoms with E-state index in [1.54, 1.807) is 0 Å². The standard InChI is InChI=1S/C11H17N3O2/c1-3-9(5-6-12)14-8-7-13(4-2)10(15)11(14)16/h9H,3-5,7-8H2,1-2H3. The maximum Gasteiger partial charge on any atom is 0.312 e. The number of hydrogen-bond donors (Lipinski definition) is 0. The van der Waals surface area contributed by atoms with Crippen LogP contribution in [-0.4, -0.2) is 47.3 Å². The Morgan fingerprint density at radius 3 is 2.50 bits per heavy atom. The summed E-state index contributed by atoms with van der Waals surface area (Å²) in [6.45, 7) is 5.45. The predicted molar refractivity (Wildman–Crippen MR) is 58.3 cm³/mol. The second-order valence-corrected chi connectivity index (χ2v) is 3.81. The third-order valence-corrected chi connectivity index (χ3v) is 2.96. The second-order valence-electron chi connectivity index (χ2n) is 3.81. The van der Waals surface area contributed by atoms with Gasteiger partial charge in [-0.1, -0.05) is 6.92 Å². The minimum atomic E-state index is -0.463. The number of rotatable bonds is 4. The van der Waals surface area contributed by atoms with E-state index in [0.717, 1.165) is 0 Å². The molecule has 1 saturated heterocycles. The Kier molecular flexibility index (Phi) is 4.29. The molecular formula is C11H17N3O2. The van der Waals surface area contributed by atoms with Gasteiger partial charge in [0, 0.05) is 25.7 Å². The molecule has 0 aromatic rings. The molecule has 0 saturated carbocycles. The average Bonchev–Trinajstić information content (AvgIpc) is 2.30. The predicted octanol–water partition coefficient (Wildman–Crippen LogP) is 0.369. The minimum Gasteiger partial charge on any atom is -0.333 e. The Hall–Kier alpha value is -1.57. The quantitative estimate of drug-likeness (QED) is 0.647. The van der Waals surface area contributed by atoms with Crippen molar-refractivity contribution in [3.63, 3.8) is 0 Å². The fourth-order valence-corrected chi connectivity index (χ4v) is 1.92. The molecule has 1 unspecified atom stereocenters. The van der Waals surface area contributed by atoms with Crippen LogP contribution in [0.3, 0.4) is 0 Å². The number of nitriles is 1. The fourth-order valence-electron chi connectivity index (χ4n) is 1.92. The lowest BCUT2D eigenvalue weighted by atomic mass is 10.1. The molecule has 88 valence electrons. The van der Waals surface area contributed by atoms with Crippen molar-refractivity contribution < 1.29 is 9.59 Å². The van der Waals surface area contributed by atoms with Crippen LogP contribution in [0.25, 0.3) is 0 Å². The Balaban J connectivity index is 2.74. The molecule has 0 N–H and O–H groups in total. The van der Waals surface area contributed by atoms with Gasteiger partial charge in [-0.2, -0.15) is 5.26 Å². The molecule has 0 spiro atoms. The van der Waals surface area contributed by atoms with Gasteiger partial charge in [-0.25, -0.2) is 0 Å². The zero-order valence-electron chi connectivity index (χ0n) is 9.77. The number of amides is 2. The van der Waals surface area contributed by atoms with Crippen molar-refractivity contribution in [2.24, 2.45) is 0 Å². The van der Waals surface area contributed by atoms with Gasteiger partial charge < -0.3 is 9.80 Å². The molecule has 1 heterocycles. The average molecular weight is 223 g/mol. The van der Waals surface area contributed by atoms with Crippen molar-refractivity contribution in [1.29, 1.82) is 5.26 Å². The first kappa shape index (κ1) is 12.5. The molecule has 0 aromatic carbocycles. The van der Waals surface area contributed by atoms with Gasteiger partial charge in [-0.3, -0.25) is 9.59 Å². The number of likely N-dealkylation sites (N-methyl/N-ethyl adjacent to an activating group) is 1. The molecule has 1 aliphatic rings. The van der Waals surface area contributed by atoms with Crippen molar-refractivity contribution in [2.75, 3.05) is 19.6 Å². The normalized spacial score (nSPS) is 18.6. The summed E-state index contributed by atoms with van der Waals surface area (Å²) >= 11 is 0. The highest BCUT2D eigenvalue weighted by Crippen LogP contribution is 2.13. The van der Waals surface area contributed by atoms with Crippen molar-refractivity contribution in [3.8, 4) is 6.07 Å². The summed E-state index contributed by atoms with van der Waals surface area (Å²) in [4.78, 5) is 26.5. The van der Waals surface area contributed by atoms with Crippen LogP contribution in [0.2, 0.25) is 0 Å². The summed E-state index contributed by atoms with van der Waals surface area (Å²) in [7, 11) is 0. The van der Waals surface area contributed by atoms with E-state index >= 15 is 0 Å².